The van der Waals surface area contributed by atoms with Crippen LogP contribution in [0.3, 0.4) is 0 Å². The van der Waals surface area contributed by atoms with Gasteiger partial charge >= 0.3 is 0 Å². The van der Waals surface area contributed by atoms with Crippen molar-refractivity contribution in [1.82, 2.24) is 14.5 Å². The molecule has 6 nitrogen and oxygen atoms in total. The molecule has 0 bridgehead atoms. The van der Waals surface area contributed by atoms with E-state index in [2.05, 4.69) is 32.8 Å². The Morgan fingerprint density at radius 3 is 2.83 bits per heavy atom. The maximum atomic E-state index is 5.84. The molecule has 3 aromatic rings. The van der Waals surface area contributed by atoms with Crippen molar-refractivity contribution in [3.8, 4) is 5.75 Å². The Bertz CT molecular complexity index is 827. The fraction of sp³-hybridized carbons (Fsp3) is 0.333. The highest BCUT2D eigenvalue weighted by Crippen LogP contribution is 2.26. The normalized spacial score (nSPS) is 10.9. The van der Waals surface area contributed by atoms with Gasteiger partial charge in [-0.25, -0.2) is 4.98 Å². The van der Waals surface area contributed by atoms with Crippen molar-refractivity contribution in [2.24, 2.45) is 0 Å². The number of nitrogen functional groups attached to an aromatic ring is 1. The lowest BCUT2D eigenvalue weighted by Crippen LogP contribution is -2.09. The third kappa shape index (κ3) is 3.27. The number of nitrogens with one attached hydrogen (secondary N) is 1. The summed E-state index contributed by atoms with van der Waals surface area (Å²) < 4.78 is 7.58. The molecule has 126 valence electrons. The number of para-hydroxylation sites is 1. The molecule has 0 aliphatic rings. The van der Waals surface area contributed by atoms with Gasteiger partial charge in [-0.3, -0.25) is 0 Å². The Labute approximate surface area is 141 Å². The van der Waals surface area contributed by atoms with Gasteiger partial charge in [-0.05, 0) is 18.6 Å². The van der Waals surface area contributed by atoms with Crippen molar-refractivity contribution in [3.63, 3.8) is 0 Å². The monoisotopic (exact) mass is 325 g/mol. The zero-order valence-electron chi connectivity index (χ0n) is 14.1. The number of hydrogen-bond donors (Lipinski definition) is 2. The van der Waals surface area contributed by atoms with Crippen molar-refractivity contribution in [2.45, 2.75) is 26.3 Å². The van der Waals surface area contributed by atoms with E-state index < -0.39 is 0 Å². The Hall–Kier alpha value is -2.76. The quantitative estimate of drug-likeness (QED) is 0.652. The largest absolute Gasteiger partial charge is 0.496 e. The van der Waals surface area contributed by atoms with E-state index in [9.17, 15) is 0 Å². The maximum absolute atomic E-state index is 5.84. The second-order valence-electron chi connectivity index (χ2n) is 5.70. The Morgan fingerprint density at radius 2 is 2.04 bits per heavy atom. The molecule has 0 spiro atoms. The summed E-state index contributed by atoms with van der Waals surface area (Å²) in [5, 5.41) is 3.39. The van der Waals surface area contributed by atoms with Gasteiger partial charge in [0, 0.05) is 18.3 Å². The van der Waals surface area contributed by atoms with Crippen LogP contribution in [0.1, 0.15) is 25.3 Å². The van der Waals surface area contributed by atoms with E-state index in [1.165, 1.54) is 0 Å². The molecule has 0 saturated heterocycles. The van der Waals surface area contributed by atoms with Crippen molar-refractivity contribution in [3.05, 3.63) is 42.1 Å². The summed E-state index contributed by atoms with van der Waals surface area (Å²) in [4.78, 5) is 8.74. The molecule has 0 atom stereocenters. The van der Waals surface area contributed by atoms with Gasteiger partial charge in [0.25, 0.3) is 0 Å². The zero-order chi connectivity index (χ0) is 16.9. The summed E-state index contributed by atoms with van der Waals surface area (Å²) in [5.74, 6) is 1.94. The van der Waals surface area contributed by atoms with Crippen molar-refractivity contribution >= 4 is 22.8 Å². The molecule has 2 aromatic heterocycles. The molecular weight excluding hydrogens is 302 g/mol. The van der Waals surface area contributed by atoms with Crippen molar-refractivity contribution in [2.75, 3.05) is 24.7 Å². The van der Waals surface area contributed by atoms with Gasteiger partial charge in [0.2, 0.25) is 5.95 Å². The third-order valence-corrected chi connectivity index (χ3v) is 3.98. The van der Waals surface area contributed by atoms with Crippen LogP contribution in [0.2, 0.25) is 0 Å². The fourth-order valence-electron chi connectivity index (χ4n) is 2.78. The third-order valence-electron chi connectivity index (χ3n) is 3.98. The standard InChI is InChI=1S/C18H23N5O/c1-3-4-10-20-17-16-14(21-18(19)22-17)9-11-23(16)12-13-7-5-6-8-15(13)24-2/h5-9,11H,3-4,10,12H2,1-2H3,(H3,19,20,21,22). The number of unbranched alkanes of at least 4 members (excludes halogenated alkanes) is 1. The van der Waals surface area contributed by atoms with Gasteiger partial charge < -0.3 is 20.4 Å². The van der Waals surface area contributed by atoms with Crippen LogP contribution in [-0.4, -0.2) is 28.2 Å². The van der Waals surface area contributed by atoms with Crippen LogP contribution in [0.15, 0.2) is 36.5 Å². The predicted octanol–water partition coefficient (Wildman–Crippen LogP) is 3.28. The van der Waals surface area contributed by atoms with Gasteiger partial charge in [0.05, 0.1) is 19.2 Å². The Morgan fingerprint density at radius 1 is 1.21 bits per heavy atom. The molecule has 1 aromatic carbocycles. The lowest BCUT2D eigenvalue weighted by atomic mass is 10.2. The molecule has 0 aliphatic carbocycles. The van der Waals surface area contributed by atoms with Crippen molar-refractivity contribution in [1.29, 1.82) is 0 Å². The van der Waals surface area contributed by atoms with Gasteiger partial charge in [-0.2, -0.15) is 4.98 Å². The summed E-state index contributed by atoms with van der Waals surface area (Å²) in [6, 6.07) is 9.98. The van der Waals surface area contributed by atoms with Crippen LogP contribution in [-0.2, 0) is 6.54 Å². The van der Waals surface area contributed by atoms with Crippen LogP contribution in [0.5, 0.6) is 5.75 Å². The first-order chi connectivity index (χ1) is 11.7. The van der Waals surface area contributed by atoms with Crippen LogP contribution in [0, 0.1) is 0 Å². The van der Waals surface area contributed by atoms with Crippen LogP contribution >= 0.6 is 0 Å². The van der Waals surface area contributed by atoms with E-state index >= 15 is 0 Å². The SMILES string of the molecule is CCCCNc1nc(N)nc2ccn(Cc3ccccc3OC)c12. The summed E-state index contributed by atoms with van der Waals surface area (Å²) in [6.07, 6.45) is 4.22. The first-order valence-corrected chi connectivity index (χ1v) is 8.21. The van der Waals surface area contributed by atoms with E-state index in [-0.39, 0.29) is 5.95 Å². The molecule has 24 heavy (non-hydrogen) atoms. The second-order valence-corrected chi connectivity index (χ2v) is 5.70. The lowest BCUT2D eigenvalue weighted by molar-refractivity contribution is 0.408. The topological polar surface area (TPSA) is 78.0 Å². The highest BCUT2D eigenvalue weighted by molar-refractivity contribution is 5.87. The van der Waals surface area contributed by atoms with E-state index in [1.807, 2.05) is 30.5 Å². The highest BCUT2D eigenvalue weighted by atomic mass is 16.5. The van der Waals surface area contributed by atoms with Gasteiger partial charge in [-0.15, -0.1) is 0 Å². The van der Waals surface area contributed by atoms with Crippen molar-refractivity contribution < 1.29 is 4.74 Å². The molecule has 0 aliphatic heterocycles. The van der Waals surface area contributed by atoms with E-state index in [0.717, 1.165) is 47.6 Å². The average molecular weight is 325 g/mol. The average Bonchev–Trinajstić information content (AvgIpc) is 2.98. The molecule has 2 heterocycles. The second kappa shape index (κ2) is 7.21. The highest BCUT2D eigenvalue weighted by Gasteiger charge is 2.12. The number of aromatic nitrogens is 3. The van der Waals surface area contributed by atoms with Crippen LogP contribution in [0.4, 0.5) is 11.8 Å². The van der Waals surface area contributed by atoms with E-state index in [1.54, 1.807) is 7.11 Å². The molecule has 0 amide bonds. The van der Waals surface area contributed by atoms with Crippen LogP contribution in [0.25, 0.3) is 11.0 Å². The summed E-state index contributed by atoms with van der Waals surface area (Å²) in [5.41, 5.74) is 8.76. The number of fused-ring (bicyclic) bond motifs is 1. The fourth-order valence-corrected chi connectivity index (χ4v) is 2.78. The lowest BCUT2D eigenvalue weighted by Gasteiger charge is -2.13. The van der Waals surface area contributed by atoms with Crippen LogP contribution < -0.4 is 15.8 Å². The summed E-state index contributed by atoms with van der Waals surface area (Å²) in [7, 11) is 1.69. The number of anilines is 2. The molecule has 0 radical (unpaired) electrons. The summed E-state index contributed by atoms with van der Waals surface area (Å²) >= 11 is 0. The maximum Gasteiger partial charge on any atom is 0.222 e. The number of ether oxygens (including phenoxy) is 1. The Kier molecular flexibility index (Phi) is 4.84. The molecule has 3 rings (SSSR count). The minimum atomic E-state index is 0.288. The molecule has 6 heteroatoms. The molecule has 3 N–H and O–H groups in total. The summed E-state index contributed by atoms with van der Waals surface area (Å²) in [6.45, 7) is 3.71. The van der Waals surface area contributed by atoms with Gasteiger partial charge in [0.15, 0.2) is 5.82 Å². The Balaban J connectivity index is 1.99. The predicted molar refractivity (Wildman–Crippen MR) is 97.4 cm³/mol. The molecule has 0 unspecified atom stereocenters. The molecule has 0 saturated carbocycles. The first kappa shape index (κ1) is 16.1. The number of rotatable bonds is 7. The number of nitrogens with zero attached hydrogens (tertiary/aromatic N) is 3. The smallest absolute Gasteiger partial charge is 0.222 e. The molecular formula is C18H23N5O. The molecule has 0 fully saturated rings. The number of nitrogens with two attached hydrogens (primary N) is 1. The minimum absolute atomic E-state index is 0.288. The minimum Gasteiger partial charge on any atom is -0.496 e. The van der Waals surface area contributed by atoms with Gasteiger partial charge in [-0.1, -0.05) is 31.5 Å². The zero-order valence-corrected chi connectivity index (χ0v) is 14.1. The number of methoxy groups -OCH3 is 1. The van der Waals surface area contributed by atoms with E-state index in [4.69, 9.17) is 10.5 Å². The van der Waals surface area contributed by atoms with E-state index in [0.29, 0.717) is 6.54 Å². The first-order valence-electron chi connectivity index (χ1n) is 8.21. The van der Waals surface area contributed by atoms with Gasteiger partial charge in [0.1, 0.15) is 11.3 Å². The number of hydrogen-bond acceptors (Lipinski definition) is 5. The number of benzene rings is 1.